The van der Waals surface area contributed by atoms with Crippen molar-refractivity contribution in [1.29, 1.82) is 0 Å². The predicted molar refractivity (Wildman–Crippen MR) is 99.3 cm³/mol. The summed E-state index contributed by atoms with van der Waals surface area (Å²) < 4.78 is 5.78. The number of pyridine rings is 1. The zero-order valence-corrected chi connectivity index (χ0v) is 15.0. The van der Waals surface area contributed by atoms with Crippen molar-refractivity contribution in [2.24, 2.45) is 5.92 Å². The van der Waals surface area contributed by atoms with E-state index < -0.39 is 0 Å². The first-order valence-electron chi connectivity index (χ1n) is 9.19. The van der Waals surface area contributed by atoms with E-state index in [-0.39, 0.29) is 6.10 Å². The Balaban J connectivity index is 1.46. The Bertz CT molecular complexity index is 630. The van der Waals surface area contributed by atoms with Gasteiger partial charge in [0.05, 0.1) is 11.8 Å². The molecular formula is C21H28N2O2. The number of hydrogen-bond donors (Lipinski definition) is 1. The minimum atomic E-state index is -0.126. The van der Waals surface area contributed by atoms with Gasteiger partial charge in [0.25, 0.3) is 0 Å². The molecule has 0 bridgehead atoms. The highest BCUT2D eigenvalue weighted by atomic mass is 16.5. The van der Waals surface area contributed by atoms with Gasteiger partial charge in [0.15, 0.2) is 0 Å². The Labute approximate surface area is 150 Å². The van der Waals surface area contributed by atoms with Crippen LogP contribution in [0.3, 0.4) is 0 Å². The highest BCUT2D eigenvalue weighted by Gasteiger charge is 2.23. The monoisotopic (exact) mass is 340 g/mol. The second kappa shape index (κ2) is 8.97. The predicted octanol–water partition coefficient (Wildman–Crippen LogP) is 3.64. The Morgan fingerprint density at radius 3 is 2.64 bits per heavy atom. The van der Waals surface area contributed by atoms with E-state index in [9.17, 15) is 5.11 Å². The summed E-state index contributed by atoms with van der Waals surface area (Å²) in [6.07, 6.45) is 6.17. The standard InChI is InChI=1S/C21H28N2O2/c1-23(15-18-6-2-3-8-21(18)24)14-17-9-11-20(12-10-17)25-16-19-7-4-5-13-22-19/h4-5,7,9-13,18,21,24H,2-3,6,8,14-16H2,1H3. The molecule has 1 aliphatic rings. The second-order valence-electron chi connectivity index (χ2n) is 7.06. The molecule has 1 aromatic heterocycles. The molecule has 2 unspecified atom stereocenters. The number of aliphatic hydroxyl groups is 1. The summed E-state index contributed by atoms with van der Waals surface area (Å²) in [5.74, 6) is 1.28. The van der Waals surface area contributed by atoms with Gasteiger partial charge in [-0.2, -0.15) is 0 Å². The average molecular weight is 340 g/mol. The second-order valence-corrected chi connectivity index (χ2v) is 7.06. The Kier molecular flexibility index (Phi) is 6.42. The molecule has 1 aromatic carbocycles. The van der Waals surface area contributed by atoms with Crippen LogP contribution in [-0.2, 0) is 13.2 Å². The van der Waals surface area contributed by atoms with Crippen LogP contribution >= 0.6 is 0 Å². The van der Waals surface area contributed by atoms with Gasteiger partial charge in [-0.3, -0.25) is 4.98 Å². The van der Waals surface area contributed by atoms with Crippen molar-refractivity contribution < 1.29 is 9.84 Å². The van der Waals surface area contributed by atoms with E-state index in [1.54, 1.807) is 6.20 Å². The zero-order valence-electron chi connectivity index (χ0n) is 15.0. The molecule has 134 valence electrons. The van der Waals surface area contributed by atoms with Crippen LogP contribution in [0.25, 0.3) is 0 Å². The molecule has 0 spiro atoms. The fraction of sp³-hybridized carbons (Fsp3) is 0.476. The molecule has 4 heteroatoms. The molecule has 2 aromatic rings. The molecule has 0 radical (unpaired) electrons. The number of nitrogens with zero attached hydrogens (tertiary/aromatic N) is 2. The lowest BCUT2D eigenvalue weighted by atomic mass is 9.86. The number of hydrogen-bond acceptors (Lipinski definition) is 4. The molecule has 1 saturated carbocycles. The number of benzene rings is 1. The van der Waals surface area contributed by atoms with Crippen molar-refractivity contribution in [3.63, 3.8) is 0 Å². The highest BCUT2D eigenvalue weighted by molar-refractivity contribution is 5.27. The van der Waals surface area contributed by atoms with Crippen molar-refractivity contribution in [3.05, 3.63) is 59.9 Å². The Morgan fingerprint density at radius 2 is 1.92 bits per heavy atom. The normalized spacial score (nSPS) is 20.6. The van der Waals surface area contributed by atoms with Gasteiger partial charge in [-0.25, -0.2) is 0 Å². The first-order chi connectivity index (χ1) is 12.2. The minimum Gasteiger partial charge on any atom is -0.487 e. The van der Waals surface area contributed by atoms with E-state index >= 15 is 0 Å². The third-order valence-electron chi connectivity index (χ3n) is 4.90. The van der Waals surface area contributed by atoms with Gasteiger partial charge in [0, 0.05) is 19.3 Å². The zero-order chi connectivity index (χ0) is 17.5. The third kappa shape index (κ3) is 5.55. The SMILES string of the molecule is CN(Cc1ccc(OCc2ccccn2)cc1)CC1CCCCC1O. The van der Waals surface area contributed by atoms with Crippen molar-refractivity contribution in [2.45, 2.75) is 44.9 Å². The van der Waals surface area contributed by atoms with Crippen LogP contribution in [0.1, 0.15) is 36.9 Å². The molecule has 1 N–H and O–H groups in total. The van der Waals surface area contributed by atoms with Crippen LogP contribution in [0, 0.1) is 5.92 Å². The van der Waals surface area contributed by atoms with Crippen LogP contribution in [0.2, 0.25) is 0 Å². The van der Waals surface area contributed by atoms with Gasteiger partial charge in [0.1, 0.15) is 12.4 Å². The summed E-state index contributed by atoms with van der Waals surface area (Å²) in [5, 5.41) is 10.1. The number of ether oxygens (including phenoxy) is 1. The maximum absolute atomic E-state index is 10.1. The molecule has 4 nitrogen and oxygen atoms in total. The van der Waals surface area contributed by atoms with Gasteiger partial charge < -0.3 is 14.7 Å². The lowest BCUT2D eigenvalue weighted by Gasteiger charge is -2.31. The van der Waals surface area contributed by atoms with E-state index in [0.717, 1.165) is 37.4 Å². The molecule has 0 saturated heterocycles. The maximum atomic E-state index is 10.1. The van der Waals surface area contributed by atoms with Crippen molar-refractivity contribution in [2.75, 3.05) is 13.6 Å². The van der Waals surface area contributed by atoms with Crippen LogP contribution in [0.4, 0.5) is 0 Å². The van der Waals surface area contributed by atoms with Gasteiger partial charge in [-0.15, -0.1) is 0 Å². The van der Waals surface area contributed by atoms with Crippen molar-refractivity contribution >= 4 is 0 Å². The molecular weight excluding hydrogens is 312 g/mol. The molecule has 0 amide bonds. The Morgan fingerprint density at radius 1 is 1.12 bits per heavy atom. The van der Waals surface area contributed by atoms with E-state index in [1.165, 1.54) is 18.4 Å². The Hall–Kier alpha value is -1.91. The smallest absolute Gasteiger partial charge is 0.130 e. The molecule has 1 fully saturated rings. The fourth-order valence-electron chi connectivity index (χ4n) is 3.51. The number of aliphatic hydroxyl groups excluding tert-OH is 1. The van der Waals surface area contributed by atoms with E-state index in [0.29, 0.717) is 12.5 Å². The van der Waals surface area contributed by atoms with E-state index in [1.807, 2.05) is 30.3 Å². The average Bonchev–Trinajstić information content (AvgIpc) is 2.64. The molecule has 25 heavy (non-hydrogen) atoms. The van der Waals surface area contributed by atoms with Gasteiger partial charge in [-0.05, 0) is 55.6 Å². The topological polar surface area (TPSA) is 45.6 Å². The third-order valence-corrected chi connectivity index (χ3v) is 4.90. The van der Waals surface area contributed by atoms with Gasteiger partial charge >= 0.3 is 0 Å². The molecule has 0 aliphatic heterocycles. The summed E-state index contributed by atoms with van der Waals surface area (Å²) in [4.78, 5) is 6.57. The molecule has 1 heterocycles. The van der Waals surface area contributed by atoms with Gasteiger partial charge in [-0.1, -0.05) is 31.0 Å². The van der Waals surface area contributed by atoms with Crippen LogP contribution in [-0.4, -0.2) is 34.7 Å². The van der Waals surface area contributed by atoms with Crippen LogP contribution < -0.4 is 4.74 Å². The lowest BCUT2D eigenvalue weighted by molar-refractivity contribution is 0.0502. The molecule has 3 rings (SSSR count). The quantitative estimate of drug-likeness (QED) is 0.836. The van der Waals surface area contributed by atoms with E-state index in [2.05, 4.69) is 29.1 Å². The highest BCUT2D eigenvalue weighted by Crippen LogP contribution is 2.25. The van der Waals surface area contributed by atoms with Crippen molar-refractivity contribution in [3.8, 4) is 5.75 Å². The first-order valence-corrected chi connectivity index (χ1v) is 9.19. The van der Waals surface area contributed by atoms with E-state index in [4.69, 9.17) is 4.74 Å². The first kappa shape index (κ1) is 17.9. The van der Waals surface area contributed by atoms with Crippen molar-refractivity contribution in [1.82, 2.24) is 9.88 Å². The molecule has 2 atom stereocenters. The summed E-state index contributed by atoms with van der Waals surface area (Å²) in [5.41, 5.74) is 2.19. The lowest BCUT2D eigenvalue weighted by Crippen LogP contribution is -2.34. The summed E-state index contributed by atoms with van der Waals surface area (Å²) >= 11 is 0. The van der Waals surface area contributed by atoms with Gasteiger partial charge in [0.2, 0.25) is 0 Å². The largest absolute Gasteiger partial charge is 0.487 e. The molecule has 1 aliphatic carbocycles. The maximum Gasteiger partial charge on any atom is 0.130 e. The summed E-state index contributed by atoms with van der Waals surface area (Å²) in [7, 11) is 2.13. The minimum absolute atomic E-state index is 0.126. The number of aromatic nitrogens is 1. The summed E-state index contributed by atoms with van der Waals surface area (Å²) in [6.45, 7) is 2.34. The summed E-state index contributed by atoms with van der Waals surface area (Å²) in [6, 6.07) is 14.1. The number of rotatable bonds is 7. The van der Waals surface area contributed by atoms with Crippen LogP contribution in [0.15, 0.2) is 48.7 Å². The van der Waals surface area contributed by atoms with Crippen LogP contribution in [0.5, 0.6) is 5.75 Å². The fourth-order valence-corrected chi connectivity index (χ4v) is 3.51.